The summed E-state index contributed by atoms with van der Waals surface area (Å²) in [7, 11) is 0. The molecule has 0 fully saturated rings. The van der Waals surface area contributed by atoms with Crippen molar-refractivity contribution in [1.82, 2.24) is 40.5 Å². The number of H-pyrrole nitrogens is 2. The minimum atomic E-state index is -1.15. The third kappa shape index (κ3) is 9.40. The van der Waals surface area contributed by atoms with Crippen LogP contribution in [0.4, 0.5) is 0 Å². The van der Waals surface area contributed by atoms with Gasteiger partial charge < -0.3 is 30.8 Å². The second-order valence-electron chi connectivity index (χ2n) is 18.8. The highest BCUT2D eigenvalue weighted by atomic mass is 16.3. The number of amides is 2. The molecule has 0 aliphatic carbocycles. The van der Waals surface area contributed by atoms with Crippen LogP contribution in [0.1, 0.15) is 117 Å². The molecular formula is C48H58N8O4. The maximum absolute atomic E-state index is 13.7. The molecule has 4 atom stereocenters. The number of hydrogen-bond acceptors (Lipinski definition) is 8. The van der Waals surface area contributed by atoms with Gasteiger partial charge in [0.1, 0.15) is 23.9 Å². The van der Waals surface area contributed by atoms with Gasteiger partial charge in [-0.1, -0.05) is 102 Å². The summed E-state index contributed by atoms with van der Waals surface area (Å²) in [4.78, 5) is 52.2. The van der Waals surface area contributed by atoms with Crippen LogP contribution in [0.2, 0.25) is 0 Å². The van der Waals surface area contributed by atoms with Gasteiger partial charge in [0.25, 0.3) is 0 Å². The van der Waals surface area contributed by atoms with E-state index < -0.39 is 46.0 Å². The van der Waals surface area contributed by atoms with Crippen LogP contribution in [0.3, 0.4) is 0 Å². The second kappa shape index (κ2) is 16.9. The molecule has 2 amide bonds. The molecule has 6 rings (SSSR count). The molecule has 0 saturated carbocycles. The van der Waals surface area contributed by atoms with E-state index in [4.69, 9.17) is 9.97 Å². The van der Waals surface area contributed by atoms with Crippen molar-refractivity contribution in [3.63, 3.8) is 0 Å². The molecule has 0 aliphatic heterocycles. The lowest BCUT2D eigenvalue weighted by Gasteiger charge is -2.35. The number of pyridine rings is 2. The van der Waals surface area contributed by atoms with Crippen LogP contribution in [-0.2, 0) is 9.59 Å². The van der Waals surface area contributed by atoms with E-state index in [9.17, 15) is 19.8 Å². The van der Waals surface area contributed by atoms with E-state index in [-0.39, 0.29) is 11.8 Å². The first-order valence-corrected chi connectivity index (χ1v) is 20.3. The van der Waals surface area contributed by atoms with Gasteiger partial charge in [0.15, 0.2) is 0 Å². The topological polar surface area (TPSA) is 182 Å². The van der Waals surface area contributed by atoms with Crippen molar-refractivity contribution in [2.45, 2.75) is 93.5 Å². The highest BCUT2D eigenvalue weighted by Crippen LogP contribution is 2.39. The molecule has 6 N–H and O–H groups in total. The predicted octanol–water partition coefficient (Wildman–Crippen LogP) is 8.85. The number of aromatic amines is 2. The molecule has 0 bridgehead atoms. The van der Waals surface area contributed by atoms with E-state index in [1.807, 2.05) is 65.8 Å². The Labute approximate surface area is 352 Å². The molecule has 0 spiro atoms. The number of carbonyl (C=O) groups is 2. The average Bonchev–Trinajstić information content (AvgIpc) is 3.92. The average molecular weight is 811 g/mol. The van der Waals surface area contributed by atoms with Crippen LogP contribution < -0.4 is 10.6 Å². The van der Waals surface area contributed by atoms with Gasteiger partial charge in [-0.2, -0.15) is 0 Å². The number of rotatable bonds is 13. The van der Waals surface area contributed by atoms with Gasteiger partial charge in [0.05, 0.1) is 58.1 Å². The van der Waals surface area contributed by atoms with Crippen molar-refractivity contribution in [3.05, 3.63) is 133 Å². The molecule has 12 heteroatoms. The summed E-state index contributed by atoms with van der Waals surface area (Å²) in [5, 5.41) is 28.5. The minimum absolute atomic E-state index is 0.307. The number of carbonyl (C=O) groups excluding carboxylic acids is 2. The largest absolute Gasteiger partial charge is 0.386 e. The highest BCUT2D eigenvalue weighted by Gasteiger charge is 2.42. The molecule has 2 aromatic carbocycles. The molecule has 0 radical (unpaired) electrons. The second-order valence-corrected chi connectivity index (χ2v) is 18.8. The van der Waals surface area contributed by atoms with Crippen molar-refractivity contribution in [3.8, 4) is 33.6 Å². The van der Waals surface area contributed by atoms with Crippen LogP contribution in [-0.4, -0.2) is 51.9 Å². The van der Waals surface area contributed by atoms with E-state index >= 15 is 0 Å². The SMILES string of the molecule is CC(C)(C)C(NC(=O)C(C)(C)C(O)c1ccccn1)c1ncc(-c2ccc(-c3ccc(-c4cnc(C(NC(=O)C(C)(C)C(O)c5ccccn5)C(C)(C)C)[nH]4)cc3)cc2)[nH]1. The maximum Gasteiger partial charge on any atom is 0.229 e. The first kappa shape index (κ1) is 43.6. The smallest absolute Gasteiger partial charge is 0.229 e. The van der Waals surface area contributed by atoms with Crippen molar-refractivity contribution in [2.24, 2.45) is 21.7 Å². The fraction of sp³-hybridized carbons (Fsp3) is 0.375. The van der Waals surface area contributed by atoms with Gasteiger partial charge in [0.2, 0.25) is 11.8 Å². The van der Waals surface area contributed by atoms with Gasteiger partial charge in [-0.25, -0.2) is 9.97 Å². The van der Waals surface area contributed by atoms with Gasteiger partial charge in [0, 0.05) is 12.4 Å². The number of benzene rings is 2. The molecule has 4 aromatic heterocycles. The Kier molecular flexibility index (Phi) is 12.3. The quantitative estimate of drug-likeness (QED) is 0.0669. The summed E-state index contributed by atoms with van der Waals surface area (Å²) in [6, 6.07) is 26.0. The minimum Gasteiger partial charge on any atom is -0.386 e. The Hall–Kier alpha value is -5.98. The maximum atomic E-state index is 13.7. The number of nitrogens with one attached hydrogen (secondary N) is 4. The van der Waals surface area contributed by atoms with Gasteiger partial charge >= 0.3 is 0 Å². The molecule has 0 aliphatic rings. The van der Waals surface area contributed by atoms with Crippen LogP contribution in [0.5, 0.6) is 0 Å². The molecule has 4 heterocycles. The van der Waals surface area contributed by atoms with E-state index in [1.165, 1.54) is 0 Å². The summed E-state index contributed by atoms with van der Waals surface area (Å²) in [5.74, 6) is 0.627. The first-order valence-electron chi connectivity index (χ1n) is 20.3. The van der Waals surface area contributed by atoms with Crippen LogP contribution >= 0.6 is 0 Å². The summed E-state index contributed by atoms with van der Waals surface area (Å²) in [6.45, 7) is 19.1. The van der Waals surface area contributed by atoms with Gasteiger partial charge in [-0.05, 0) is 85.0 Å². The Morgan fingerprint density at radius 3 is 1.13 bits per heavy atom. The number of aromatic nitrogens is 6. The molecular weight excluding hydrogens is 753 g/mol. The summed E-state index contributed by atoms with van der Waals surface area (Å²) >= 11 is 0. The zero-order valence-electron chi connectivity index (χ0n) is 36.2. The Bertz CT molecular complexity index is 2200. The van der Waals surface area contributed by atoms with Crippen LogP contribution in [0, 0.1) is 21.7 Å². The number of aliphatic hydroxyl groups excluding tert-OH is 2. The Morgan fingerprint density at radius 1 is 0.500 bits per heavy atom. The van der Waals surface area contributed by atoms with Crippen molar-refractivity contribution in [2.75, 3.05) is 0 Å². The van der Waals surface area contributed by atoms with Crippen molar-refractivity contribution in [1.29, 1.82) is 0 Å². The normalized spacial score (nSPS) is 14.5. The molecule has 4 unspecified atom stereocenters. The summed E-state index contributed by atoms with van der Waals surface area (Å²) in [5.41, 5.74) is 3.38. The fourth-order valence-corrected chi connectivity index (χ4v) is 7.03. The molecule has 12 nitrogen and oxygen atoms in total. The van der Waals surface area contributed by atoms with E-state index in [0.717, 1.165) is 33.6 Å². The first-order chi connectivity index (χ1) is 28.2. The number of imidazole rings is 2. The highest BCUT2D eigenvalue weighted by molar-refractivity contribution is 5.84. The third-order valence-electron chi connectivity index (χ3n) is 11.2. The van der Waals surface area contributed by atoms with Crippen LogP contribution in [0.25, 0.3) is 33.6 Å². The third-order valence-corrected chi connectivity index (χ3v) is 11.2. The fourth-order valence-electron chi connectivity index (χ4n) is 7.03. The van der Waals surface area contributed by atoms with E-state index in [2.05, 4.69) is 54.8 Å². The lowest BCUT2D eigenvalue weighted by Crippen LogP contribution is -2.46. The lowest BCUT2D eigenvalue weighted by atomic mass is 9.81. The van der Waals surface area contributed by atoms with E-state index in [1.54, 1.807) is 88.9 Å². The standard InChI is InChI=1S/C48H58N8O4/c1-45(2,3)37(55-43(59)47(7,8)39(57)33-15-11-13-25-49-33)41-51-27-35(53-41)31-21-17-29(18-22-31)30-19-23-32(24-20-30)36-28-52-42(54-36)38(46(4,5)6)56-44(60)48(9,10)40(58)34-16-12-14-26-50-34/h11-28,37-40,57-58H,1-10H3,(H,51,53)(H,52,54)(H,55,59)(H,56,60). The Balaban J connectivity index is 1.13. The monoisotopic (exact) mass is 810 g/mol. The zero-order chi connectivity index (χ0) is 43.6. The number of aliphatic hydroxyl groups is 2. The van der Waals surface area contributed by atoms with Gasteiger partial charge in [-0.15, -0.1) is 0 Å². The molecule has 6 aromatic rings. The predicted molar refractivity (Wildman–Crippen MR) is 234 cm³/mol. The molecule has 314 valence electrons. The summed E-state index contributed by atoms with van der Waals surface area (Å²) in [6.07, 6.45) is 4.57. The zero-order valence-corrected chi connectivity index (χ0v) is 36.2. The van der Waals surface area contributed by atoms with Crippen molar-refractivity contribution >= 4 is 11.8 Å². The van der Waals surface area contributed by atoms with E-state index in [0.29, 0.717) is 23.0 Å². The molecule has 60 heavy (non-hydrogen) atoms. The summed E-state index contributed by atoms with van der Waals surface area (Å²) < 4.78 is 0. The van der Waals surface area contributed by atoms with Crippen LogP contribution in [0.15, 0.2) is 110 Å². The lowest BCUT2D eigenvalue weighted by molar-refractivity contribution is -0.138. The number of nitrogens with zero attached hydrogens (tertiary/aromatic N) is 4. The molecule has 0 saturated heterocycles. The number of hydrogen-bond donors (Lipinski definition) is 6. The van der Waals surface area contributed by atoms with Gasteiger partial charge in [-0.3, -0.25) is 19.6 Å². The Morgan fingerprint density at radius 2 is 0.833 bits per heavy atom. The van der Waals surface area contributed by atoms with Crippen molar-refractivity contribution < 1.29 is 19.8 Å².